The van der Waals surface area contributed by atoms with E-state index in [4.69, 9.17) is 9.84 Å². The number of carboxylic acids is 1. The minimum atomic E-state index is -1.21. The standard InChI is InChI=1S/C19H22FN3O3S/c1-27-14-7-5-12(6-8-14)16-4-2-3-13(26-16)11-21-17-9-15(19(24)25)22-18(10-20)23-17/h5-9,13,16H,2-4,10-11H2,1H3,(H,24,25)(H,21,22,23). The maximum atomic E-state index is 12.9. The van der Waals surface area contributed by atoms with Crippen LogP contribution in [0, 0.1) is 0 Å². The van der Waals surface area contributed by atoms with Gasteiger partial charge >= 0.3 is 5.97 Å². The molecule has 144 valence electrons. The molecule has 1 saturated heterocycles. The number of anilines is 1. The number of carbonyl (C=O) groups is 1. The van der Waals surface area contributed by atoms with E-state index in [-0.39, 0.29) is 23.7 Å². The molecule has 1 fully saturated rings. The van der Waals surface area contributed by atoms with Crippen LogP contribution in [-0.4, -0.2) is 39.9 Å². The van der Waals surface area contributed by atoms with Crippen LogP contribution in [0.25, 0.3) is 0 Å². The number of ether oxygens (including phenoxy) is 1. The number of rotatable bonds is 7. The van der Waals surface area contributed by atoms with E-state index in [1.807, 2.05) is 6.26 Å². The van der Waals surface area contributed by atoms with E-state index in [9.17, 15) is 9.18 Å². The fraction of sp³-hybridized carbons (Fsp3) is 0.421. The molecule has 0 amide bonds. The van der Waals surface area contributed by atoms with Crippen molar-refractivity contribution < 1.29 is 19.0 Å². The molecule has 2 aromatic rings. The van der Waals surface area contributed by atoms with E-state index in [2.05, 4.69) is 39.6 Å². The van der Waals surface area contributed by atoms with Gasteiger partial charge in [0.15, 0.2) is 11.5 Å². The highest BCUT2D eigenvalue weighted by Crippen LogP contribution is 2.32. The number of carboxylic acid groups (broad SMARTS) is 1. The second kappa shape index (κ2) is 9.14. The molecule has 0 aliphatic carbocycles. The Kier molecular flexibility index (Phi) is 6.63. The van der Waals surface area contributed by atoms with Crippen molar-refractivity contribution in [3.05, 3.63) is 47.4 Å². The van der Waals surface area contributed by atoms with Crippen molar-refractivity contribution in [2.75, 3.05) is 18.1 Å². The van der Waals surface area contributed by atoms with Gasteiger partial charge in [-0.3, -0.25) is 0 Å². The number of thioether (sulfide) groups is 1. The number of aromatic nitrogens is 2. The number of halogens is 1. The van der Waals surface area contributed by atoms with Crippen molar-refractivity contribution in [1.29, 1.82) is 0 Å². The van der Waals surface area contributed by atoms with Gasteiger partial charge in [0.2, 0.25) is 0 Å². The summed E-state index contributed by atoms with van der Waals surface area (Å²) in [5.74, 6) is -1.06. The van der Waals surface area contributed by atoms with Gasteiger partial charge in [0.05, 0.1) is 12.2 Å². The average molecular weight is 391 g/mol. The molecule has 0 spiro atoms. The molecule has 1 aliphatic heterocycles. The van der Waals surface area contributed by atoms with Gasteiger partial charge in [-0.1, -0.05) is 12.1 Å². The first-order chi connectivity index (χ1) is 13.1. The third kappa shape index (κ3) is 5.17. The van der Waals surface area contributed by atoms with E-state index < -0.39 is 12.6 Å². The number of alkyl halides is 1. The topological polar surface area (TPSA) is 84.3 Å². The van der Waals surface area contributed by atoms with E-state index in [1.54, 1.807) is 11.8 Å². The maximum absolute atomic E-state index is 12.9. The zero-order chi connectivity index (χ0) is 19.2. The lowest BCUT2D eigenvalue weighted by Gasteiger charge is -2.30. The molecular formula is C19H22FN3O3S. The molecule has 0 radical (unpaired) electrons. The molecule has 27 heavy (non-hydrogen) atoms. The van der Waals surface area contributed by atoms with E-state index in [0.717, 1.165) is 24.8 Å². The molecule has 1 aromatic carbocycles. The summed E-state index contributed by atoms with van der Waals surface area (Å²) in [6, 6.07) is 9.70. The second-order valence-corrected chi connectivity index (χ2v) is 7.20. The van der Waals surface area contributed by atoms with Crippen LogP contribution in [0.1, 0.15) is 47.2 Å². The third-order valence-corrected chi connectivity index (χ3v) is 5.20. The van der Waals surface area contributed by atoms with Crippen molar-refractivity contribution >= 4 is 23.5 Å². The molecule has 8 heteroatoms. The lowest BCUT2D eigenvalue weighted by molar-refractivity contribution is -0.0442. The predicted molar refractivity (Wildman–Crippen MR) is 102 cm³/mol. The molecule has 0 saturated carbocycles. The van der Waals surface area contributed by atoms with Crippen LogP contribution < -0.4 is 5.32 Å². The first-order valence-corrected chi connectivity index (χ1v) is 10.0. The lowest BCUT2D eigenvalue weighted by Crippen LogP contribution is -2.29. The van der Waals surface area contributed by atoms with Gasteiger partial charge in [-0.2, -0.15) is 0 Å². The molecule has 2 N–H and O–H groups in total. The molecule has 1 aliphatic rings. The Morgan fingerprint density at radius 2 is 2.11 bits per heavy atom. The highest BCUT2D eigenvalue weighted by atomic mass is 32.2. The van der Waals surface area contributed by atoms with Crippen LogP contribution in [0.5, 0.6) is 0 Å². The van der Waals surface area contributed by atoms with Gasteiger partial charge in [-0.25, -0.2) is 19.2 Å². The zero-order valence-electron chi connectivity index (χ0n) is 15.0. The summed E-state index contributed by atoms with van der Waals surface area (Å²) in [4.78, 5) is 20.0. The summed E-state index contributed by atoms with van der Waals surface area (Å²) >= 11 is 1.71. The minimum Gasteiger partial charge on any atom is -0.477 e. The van der Waals surface area contributed by atoms with Crippen molar-refractivity contribution in [1.82, 2.24) is 9.97 Å². The maximum Gasteiger partial charge on any atom is 0.354 e. The average Bonchev–Trinajstić information content (AvgIpc) is 2.72. The van der Waals surface area contributed by atoms with E-state index in [1.165, 1.54) is 11.0 Å². The SMILES string of the molecule is CSc1ccc(C2CCCC(CNc3cc(C(=O)O)nc(CF)n3)O2)cc1. The molecule has 1 aromatic heterocycles. The van der Waals surface area contributed by atoms with Gasteiger partial charge in [0.1, 0.15) is 12.5 Å². The van der Waals surface area contributed by atoms with Crippen LogP contribution in [0.4, 0.5) is 10.2 Å². The summed E-state index contributed by atoms with van der Waals surface area (Å²) < 4.78 is 19.1. The van der Waals surface area contributed by atoms with Gasteiger partial charge in [-0.05, 0) is 43.2 Å². The van der Waals surface area contributed by atoms with Gasteiger partial charge in [-0.15, -0.1) is 11.8 Å². The Morgan fingerprint density at radius 1 is 1.33 bits per heavy atom. The fourth-order valence-electron chi connectivity index (χ4n) is 3.09. The third-order valence-electron chi connectivity index (χ3n) is 4.46. The molecule has 6 nitrogen and oxygen atoms in total. The van der Waals surface area contributed by atoms with Crippen molar-refractivity contribution in [3.63, 3.8) is 0 Å². The predicted octanol–water partition coefficient (Wildman–Crippen LogP) is 4.09. The fourth-order valence-corrected chi connectivity index (χ4v) is 3.50. The second-order valence-electron chi connectivity index (χ2n) is 6.33. The first kappa shape index (κ1) is 19.6. The highest BCUT2D eigenvalue weighted by molar-refractivity contribution is 7.98. The summed E-state index contributed by atoms with van der Waals surface area (Å²) in [7, 11) is 0. The van der Waals surface area contributed by atoms with Crippen LogP contribution >= 0.6 is 11.8 Å². The molecule has 2 atom stereocenters. The summed E-state index contributed by atoms with van der Waals surface area (Å²) in [5.41, 5.74) is 0.934. The number of nitrogens with one attached hydrogen (secondary N) is 1. The first-order valence-electron chi connectivity index (χ1n) is 8.79. The minimum absolute atomic E-state index is 0.0268. The number of nitrogens with zero attached hydrogens (tertiary/aromatic N) is 2. The van der Waals surface area contributed by atoms with E-state index in [0.29, 0.717) is 12.4 Å². The van der Waals surface area contributed by atoms with Crippen LogP contribution in [0.2, 0.25) is 0 Å². The number of hydrogen-bond acceptors (Lipinski definition) is 6. The number of hydrogen-bond donors (Lipinski definition) is 2. The number of benzene rings is 1. The Labute approximate surface area is 161 Å². The highest BCUT2D eigenvalue weighted by Gasteiger charge is 2.24. The summed E-state index contributed by atoms with van der Waals surface area (Å²) in [5, 5.41) is 12.1. The Bertz CT molecular complexity index is 788. The Balaban J connectivity index is 1.62. The molecule has 3 rings (SSSR count). The Hall–Kier alpha value is -2.19. The van der Waals surface area contributed by atoms with Crippen LogP contribution in [0.3, 0.4) is 0 Å². The van der Waals surface area contributed by atoms with Crippen molar-refractivity contribution in [2.45, 2.75) is 43.0 Å². The summed E-state index contributed by atoms with van der Waals surface area (Å²) in [6.45, 7) is -0.439. The lowest BCUT2D eigenvalue weighted by atomic mass is 9.98. The van der Waals surface area contributed by atoms with Gasteiger partial charge in [0, 0.05) is 17.5 Å². The van der Waals surface area contributed by atoms with Crippen LogP contribution in [0.15, 0.2) is 35.2 Å². The van der Waals surface area contributed by atoms with Gasteiger partial charge in [0.25, 0.3) is 0 Å². The molecule has 2 heterocycles. The summed E-state index contributed by atoms with van der Waals surface area (Å²) in [6.07, 6.45) is 4.98. The molecular weight excluding hydrogens is 369 g/mol. The monoisotopic (exact) mass is 391 g/mol. The Morgan fingerprint density at radius 3 is 2.78 bits per heavy atom. The van der Waals surface area contributed by atoms with E-state index >= 15 is 0 Å². The van der Waals surface area contributed by atoms with Crippen molar-refractivity contribution in [2.24, 2.45) is 0 Å². The largest absolute Gasteiger partial charge is 0.477 e. The smallest absolute Gasteiger partial charge is 0.354 e. The molecule has 2 unspecified atom stereocenters. The van der Waals surface area contributed by atoms with Crippen LogP contribution in [-0.2, 0) is 11.4 Å². The zero-order valence-corrected chi connectivity index (χ0v) is 15.8. The number of aromatic carboxylic acids is 1. The van der Waals surface area contributed by atoms with Gasteiger partial charge < -0.3 is 15.2 Å². The quantitative estimate of drug-likeness (QED) is 0.688. The molecule has 0 bridgehead atoms. The van der Waals surface area contributed by atoms with Crippen molar-refractivity contribution in [3.8, 4) is 0 Å². The normalized spacial score (nSPS) is 19.6.